The number of nitrogens with zero attached hydrogens (tertiary/aromatic N) is 3. The summed E-state index contributed by atoms with van der Waals surface area (Å²) < 4.78 is 6.94. The molecule has 2 aromatic carbocycles. The molecule has 178 valence electrons. The molecule has 1 aromatic heterocycles. The van der Waals surface area contributed by atoms with Gasteiger partial charge in [0.1, 0.15) is 5.75 Å². The monoisotopic (exact) mass is 460 g/mol. The number of likely N-dealkylation sites (tertiary alicyclic amines) is 1. The van der Waals surface area contributed by atoms with E-state index >= 15 is 0 Å². The molecule has 1 saturated heterocycles. The van der Waals surface area contributed by atoms with Crippen molar-refractivity contribution in [2.24, 2.45) is 5.92 Å². The van der Waals surface area contributed by atoms with E-state index < -0.39 is 11.7 Å². The fraction of sp³-hybridized carbons (Fsp3) is 0.370. The SMILES string of the molecule is COc1ccc(CN2CCC(CNC(=O)C(=O)c3c(C)nn(-c4ccccc4)c3C)CC2)cc1. The number of ketones is 1. The third-order valence-electron chi connectivity index (χ3n) is 6.55. The van der Waals surface area contributed by atoms with E-state index in [-0.39, 0.29) is 0 Å². The van der Waals surface area contributed by atoms with Crippen LogP contribution in [0, 0.1) is 19.8 Å². The number of para-hydroxylation sites is 1. The molecular weight excluding hydrogens is 428 g/mol. The number of Topliss-reactive ketones (excluding diaryl/α,β-unsaturated/α-hetero) is 1. The maximum Gasteiger partial charge on any atom is 0.292 e. The van der Waals surface area contributed by atoms with Crippen LogP contribution < -0.4 is 10.1 Å². The summed E-state index contributed by atoms with van der Waals surface area (Å²) in [6.45, 7) is 6.97. The van der Waals surface area contributed by atoms with Gasteiger partial charge in [0.25, 0.3) is 11.7 Å². The lowest BCUT2D eigenvalue weighted by Crippen LogP contribution is -2.40. The highest BCUT2D eigenvalue weighted by Gasteiger charge is 2.26. The first-order chi connectivity index (χ1) is 16.5. The molecule has 1 aliphatic heterocycles. The molecule has 0 aliphatic carbocycles. The number of aryl methyl sites for hydroxylation is 1. The van der Waals surface area contributed by atoms with E-state index in [2.05, 4.69) is 27.4 Å². The first-order valence-electron chi connectivity index (χ1n) is 11.8. The van der Waals surface area contributed by atoms with Gasteiger partial charge < -0.3 is 10.1 Å². The number of benzene rings is 2. The Morgan fingerprint density at radius 3 is 2.35 bits per heavy atom. The molecule has 3 aromatic rings. The molecule has 7 nitrogen and oxygen atoms in total. The van der Waals surface area contributed by atoms with Crippen LogP contribution in [0.2, 0.25) is 0 Å². The van der Waals surface area contributed by atoms with Crippen molar-refractivity contribution in [3.05, 3.63) is 77.1 Å². The van der Waals surface area contributed by atoms with Crippen molar-refractivity contribution in [2.45, 2.75) is 33.2 Å². The number of hydrogen-bond donors (Lipinski definition) is 1. The third kappa shape index (κ3) is 5.37. The van der Waals surface area contributed by atoms with E-state index in [1.807, 2.05) is 49.4 Å². The number of rotatable bonds is 8. The van der Waals surface area contributed by atoms with E-state index in [9.17, 15) is 9.59 Å². The minimum atomic E-state index is -0.556. The van der Waals surface area contributed by atoms with Gasteiger partial charge in [0.2, 0.25) is 0 Å². The Morgan fingerprint density at radius 2 is 1.71 bits per heavy atom. The molecule has 7 heteroatoms. The van der Waals surface area contributed by atoms with Gasteiger partial charge in [-0.05, 0) is 75.5 Å². The van der Waals surface area contributed by atoms with Crippen molar-refractivity contribution >= 4 is 11.7 Å². The van der Waals surface area contributed by atoms with Crippen LogP contribution in [0.15, 0.2) is 54.6 Å². The Bertz CT molecular complexity index is 1130. The lowest BCUT2D eigenvalue weighted by Gasteiger charge is -2.32. The van der Waals surface area contributed by atoms with E-state index in [4.69, 9.17) is 4.74 Å². The zero-order chi connectivity index (χ0) is 24.1. The Balaban J connectivity index is 1.28. The Labute approximate surface area is 200 Å². The quantitative estimate of drug-likeness (QED) is 0.410. The number of piperidine rings is 1. The normalized spacial score (nSPS) is 14.7. The van der Waals surface area contributed by atoms with Crippen molar-refractivity contribution in [1.29, 1.82) is 0 Å². The molecule has 2 heterocycles. The first-order valence-corrected chi connectivity index (χ1v) is 11.8. The second kappa shape index (κ2) is 10.7. The van der Waals surface area contributed by atoms with Crippen LogP contribution in [-0.4, -0.2) is 53.1 Å². The maximum absolute atomic E-state index is 12.9. The fourth-order valence-electron chi connectivity index (χ4n) is 4.56. The standard InChI is InChI=1S/C27H32N4O3/c1-19-25(20(2)31(29-19)23-7-5-4-6-8-23)26(32)27(33)28-17-21-13-15-30(16-14-21)18-22-9-11-24(34-3)12-10-22/h4-12,21H,13-18H2,1-3H3,(H,28,33). The lowest BCUT2D eigenvalue weighted by molar-refractivity contribution is -0.117. The van der Waals surface area contributed by atoms with Gasteiger partial charge in [0.05, 0.1) is 29.7 Å². The van der Waals surface area contributed by atoms with Crippen LogP contribution in [0.5, 0.6) is 5.75 Å². The molecule has 4 rings (SSSR count). The number of hydrogen-bond acceptors (Lipinski definition) is 5. The number of carbonyl (C=O) groups excluding carboxylic acids is 2. The molecule has 1 fully saturated rings. The second-order valence-electron chi connectivity index (χ2n) is 8.90. The van der Waals surface area contributed by atoms with Gasteiger partial charge in [-0.15, -0.1) is 0 Å². The van der Waals surface area contributed by atoms with Gasteiger partial charge in [-0.2, -0.15) is 5.10 Å². The summed E-state index contributed by atoms with van der Waals surface area (Å²) in [7, 11) is 1.67. The van der Waals surface area contributed by atoms with E-state index in [1.165, 1.54) is 5.56 Å². The summed E-state index contributed by atoms with van der Waals surface area (Å²) in [5.41, 5.74) is 3.75. The number of nitrogens with one attached hydrogen (secondary N) is 1. The van der Waals surface area contributed by atoms with Gasteiger partial charge in [-0.3, -0.25) is 14.5 Å². The van der Waals surface area contributed by atoms with Gasteiger partial charge in [-0.25, -0.2) is 4.68 Å². The molecule has 1 aliphatic rings. The highest BCUT2D eigenvalue weighted by molar-refractivity contribution is 6.43. The molecule has 0 spiro atoms. The maximum atomic E-state index is 12.9. The lowest BCUT2D eigenvalue weighted by atomic mass is 9.96. The molecule has 0 radical (unpaired) electrons. The zero-order valence-electron chi connectivity index (χ0n) is 20.1. The van der Waals surface area contributed by atoms with Crippen LogP contribution in [0.1, 0.15) is 40.2 Å². The molecule has 0 saturated carbocycles. The number of methoxy groups -OCH3 is 1. The zero-order valence-corrected chi connectivity index (χ0v) is 20.1. The van der Waals surface area contributed by atoms with Crippen molar-refractivity contribution in [3.63, 3.8) is 0 Å². The summed E-state index contributed by atoms with van der Waals surface area (Å²) in [6.07, 6.45) is 1.99. The van der Waals surface area contributed by atoms with E-state index in [1.54, 1.807) is 18.7 Å². The second-order valence-corrected chi connectivity index (χ2v) is 8.90. The summed E-state index contributed by atoms with van der Waals surface area (Å²) in [5, 5.41) is 7.36. The smallest absolute Gasteiger partial charge is 0.292 e. The van der Waals surface area contributed by atoms with Gasteiger partial charge in [0.15, 0.2) is 0 Å². The molecule has 34 heavy (non-hydrogen) atoms. The first kappa shape index (κ1) is 23.7. The molecule has 1 amide bonds. The predicted molar refractivity (Wildman–Crippen MR) is 131 cm³/mol. The van der Waals surface area contributed by atoms with Crippen LogP contribution >= 0.6 is 0 Å². The predicted octanol–water partition coefficient (Wildman–Crippen LogP) is 3.71. The summed E-state index contributed by atoms with van der Waals surface area (Å²) in [4.78, 5) is 28.0. The van der Waals surface area contributed by atoms with Gasteiger partial charge >= 0.3 is 0 Å². The summed E-state index contributed by atoms with van der Waals surface area (Å²) in [5.74, 6) is 0.164. The number of aromatic nitrogens is 2. The van der Waals surface area contributed by atoms with Crippen molar-refractivity contribution < 1.29 is 14.3 Å². The Kier molecular flexibility index (Phi) is 7.43. The molecule has 0 bridgehead atoms. The van der Waals surface area contributed by atoms with Crippen LogP contribution in [0.4, 0.5) is 0 Å². The van der Waals surface area contributed by atoms with Crippen LogP contribution in [-0.2, 0) is 11.3 Å². The van der Waals surface area contributed by atoms with Crippen molar-refractivity contribution in [1.82, 2.24) is 20.0 Å². The van der Waals surface area contributed by atoms with Gasteiger partial charge in [0, 0.05) is 13.1 Å². The average molecular weight is 461 g/mol. The Morgan fingerprint density at radius 1 is 1.03 bits per heavy atom. The average Bonchev–Trinajstić information content (AvgIpc) is 3.17. The number of ether oxygens (including phenoxy) is 1. The molecule has 1 N–H and O–H groups in total. The highest BCUT2D eigenvalue weighted by atomic mass is 16.5. The van der Waals surface area contributed by atoms with Gasteiger partial charge in [-0.1, -0.05) is 30.3 Å². The minimum absolute atomic E-state index is 0.373. The van der Waals surface area contributed by atoms with Crippen molar-refractivity contribution in [3.8, 4) is 11.4 Å². The fourth-order valence-corrected chi connectivity index (χ4v) is 4.56. The largest absolute Gasteiger partial charge is 0.497 e. The van der Waals surface area contributed by atoms with E-state index in [0.717, 1.165) is 43.9 Å². The van der Waals surface area contributed by atoms with Crippen molar-refractivity contribution in [2.75, 3.05) is 26.7 Å². The van der Waals surface area contributed by atoms with Crippen LogP contribution in [0.25, 0.3) is 5.69 Å². The summed E-state index contributed by atoms with van der Waals surface area (Å²) >= 11 is 0. The Hall–Kier alpha value is -3.45. The number of carbonyl (C=O) groups is 2. The van der Waals surface area contributed by atoms with Crippen LogP contribution in [0.3, 0.4) is 0 Å². The third-order valence-corrected chi connectivity index (χ3v) is 6.55. The molecule has 0 atom stereocenters. The topological polar surface area (TPSA) is 76.5 Å². The number of amides is 1. The highest BCUT2D eigenvalue weighted by Crippen LogP contribution is 2.21. The van der Waals surface area contributed by atoms with E-state index in [0.29, 0.717) is 29.4 Å². The minimum Gasteiger partial charge on any atom is -0.497 e. The molecule has 0 unspecified atom stereocenters. The molecular formula is C27H32N4O3. The summed E-state index contributed by atoms with van der Waals surface area (Å²) in [6, 6.07) is 17.8.